The first-order valence-electron chi connectivity index (χ1n) is 7.09. The number of rotatable bonds is 5. The fourth-order valence-corrected chi connectivity index (χ4v) is 3.98. The molecule has 2 rings (SSSR count). The van der Waals surface area contributed by atoms with E-state index in [1.54, 1.807) is 22.5 Å². The lowest BCUT2D eigenvalue weighted by atomic mass is 10.2. The van der Waals surface area contributed by atoms with Gasteiger partial charge in [-0.15, -0.1) is 0 Å². The zero-order valence-corrected chi connectivity index (χ0v) is 12.8. The summed E-state index contributed by atoms with van der Waals surface area (Å²) in [6, 6.07) is 6.92. The summed E-state index contributed by atoms with van der Waals surface area (Å²) in [6.45, 7) is 6.28. The molecule has 0 unspecified atom stereocenters. The molecule has 0 atom stereocenters. The lowest BCUT2D eigenvalue weighted by Crippen LogP contribution is -2.48. The van der Waals surface area contributed by atoms with Crippen molar-refractivity contribution in [3.05, 3.63) is 29.8 Å². The molecule has 0 aliphatic carbocycles. The minimum atomic E-state index is -3.38. The van der Waals surface area contributed by atoms with E-state index < -0.39 is 10.0 Å². The van der Waals surface area contributed by atoms with E-state index in [-0.39, 0.29) is 0 Å². The van der Waals surface area contributed by atoms with Crippen molar-refractivity contribution in [1.29, 1.82) is 0 Å². The summed E-state index contributed by atoms with van der Waals surface area (Å²) in [4.78, 5) is 2.66. The molecule has 0 amide bonds. The summed E-state index contributed by atoms with van der Waals surface area (Å²) >= 11 is 0. The van der Waals surface area contributed by atoms with Crippen molar-refractivity contribution < 1.29 is 8.42 Å². The van der Waals surface area contributed by atoms with Gasteiger partial charge in [-0.05, 0) is 30.7 Å². The van der Waals surface area contributed by atoms with Gasteiger partial charge in [0.2, 0.25) is 10.0 Å². The zero-order valence-electron chi connectivity index (χ0n) is 12.0. The molecule has 1 aromatic rings. The van der Waals surface area contributed by atoms with Crippen LogP contribution in [0.2, 0.25) is 0 Å². The smallest absolute Gasteiger partial charge is 0.243 e. The van der Waals surface area contributed by atoms with Crippen LogP contribution in [-0.2, 0) is 16.6 Å². The molecule has 0 spiro atoms. The van der Waals surface area contributed by atoms with E-state index >= 15 is 0 Å². The van der Waals surface area contributed by atoms with E-state index in [9.17, 15) is 8.42 Å². The molecular weight excluding hydrogens is 274 g/mol. The number of piperazine rings is 1. The predicted octanol–water partition coefficient (Wildman–Crippen LogP) is 0.862. The Labute approximate surface area is 121 Å². The van der Waals surface area contributed by atoms with Crippen molar-refractivity contribution in [1.82, 2.24) is 9.21 Å². The summed E-state index contributed by atoms with van der Waals surface area (Å²) in [5, 5.41) is 0. The molecule has 6 heteroatoms. The fraction of sp³-hybridized carbons (Fsp3) is 0.571. The second-order valence-corrected chi connectivity index (χ2v) is 7.04. The zero-order chi connectivity index (χ0) is 14.6. The first-order valence-corrected chi connectivity index (χ1v) is 8.53. The summed E-state index contributed by atoms with van der Waals surface area (Å²) < 4.78 is 26.8. The van der Waals surface area contributed by atoms with Gasteiger partial charge < -0.3 is 10.6 Å². The van der Waals surface area contributed by atoms with Crippen LogP contribution in [0.5, 0.6) is 0 Å². The molecule has 0 bridgehead atoms. The number of hydrogen-bond donors (Lipinski definition) is 1. The van der Waals surface area contributed by atoms with Gasteiger partial charge in [0, 0.05) is 32.7 Å². The van der Waals surface area contributed by atoms with Gasteiger partial charge in [-0.2, -0.15) is 4.31 Å². The Morgan fingerprint density at radius 2 is 1.90 bits per heavy atom. The van der Waals surface area contributed by atoms with Crippen molar-refractivity contribution in [2.24, 2.45) is 5.73 Å². The summed E-state index contributed by atoms with van der Waals surface area (Å²) in [7, 11) is -3.38. The fourth-order valence-electron chi connectivity index (χ4n) is 2.49. The van der Waals surface area contributed by atoms with Gasteiger partial charge >= 0.3 is 0 Å². The Balaban J connectivity index is 2.11. The van der Waals surface area contributed by atoms with Crippen LogP contribution < -0.4 is 5.73 Å². The van der Waals surface area contributed by atoms with Crippen LogP contribution in [0.1, 0.15) is 18.9 Å². The maximum atomic E-state index is 12.6. The Kier molecular flexibility index (Phi) is 5.15. The minimum Gasteiger partial charge on any atom is -0.326 e. The van der Waals surface area contributed by atoms with E-state index in [1.165, 1.54) is 0 Å². The van der Waals surface area contributed by atoms with Crippen molar-refractivity contribution in [2.45, 2.75) is 24.8 Å². The Morgan fingerprint density at radius 1 is 1.20 bits per heavy atom. The van der Waals surface area contributed by atoms with Crippen LogP contribution in [0.25, 0.3) is 0 Å². The molecule has 1 heterocycles. The molecule has 2 N–H and O–H groups in total. The van der Waals surface area contributed by atoms with Crippen LogP contribution in [0.4, 0.5) is 0 Å². The summed E-state index contributed by atoms with van der Waals surface area (Å²) in [5.74, 6) is 0. The van der Waals surface area contributed by atoms with Gasteiger partial charge in [0.25, 0.3) is 0 Å². The van der Waals surface area contributed by atoms with E-state index in [0.717, 1.165) is 31.6 Å². The van der Waals surface area contributed by atoms with Gasteiger partial charge in [0.1, 0.15) is 0 Å². The topological polar surface area (TPSA) is 66.6 Å². The van der Waals surface area contributed by atoms with Crippen molar-refractivity contribution in [3.63, 3.8) is 0 Å². The third-order valence-corrected chi connectivity index (χ3v) is 5.54. The molecule has 112 valence electrons. The van der Waals surface area contributed by atoms with E-state index in [1.807, 2.05) is 6.07 Å². The molecule has 0 aromatic heterocycles. The van der Waals surface area contributed by atoms with Gasteiger partial charge in [-0.25, -0.2) is 8.42 Å². The molecular formula is C14H23N3O2S. The third-order valence-electron chi connectivity index (χ3n) is 3.64. The number of hydrogen-bond acceptors (Lipinski definition) is 4. The Hall–Kier alpha value is -0.950. The molecule has 1 aliphatic heterocycles. The van der Waals surface area contributed by atoms with Crippen LogP contribution in [-0.4, -0.2) is 50.3 Å². The first kappa shape index (κ1) is 15.4. The molecule has 20 heavy (non-hydrogen) atoms. The van der Waals surface area contributed by atoms with Crippen molar-refractivity contribution >= 4 is 10.0 Å². The van der Waals surface area contributed by atoms with Crippen molar-refractivity contribution in [3.8, 4) is 0 Å². The quantitative estimate of drug-likeness (QED) is 0.875. The molecule has 0 saturated carbocycles. The second kappa shape index (κ2) is 6.67. The van der Waals surface area contributed by atoms with E-state index in [4.69, 9.17) is 5.73 Å². The molecule has 5 nitrogen and oxygen atoms in total. The predicted molar refractivity (Wildman–Crippen MR) is 79.8 cm³/mol. The molecule has 1 aliphatic rings. The summed E-state index contributed by atoms with van der Waals surface area (Å²) in [6.07, 6.45) is 1.10. The Bertz CT molecular complexity index is 537. The largest absolute Gasteiger partial charge is 0.326 e. The second-order valence-electron chi connectivity index (χ2n) is 5.10. The van der Waals surface area contributed by atoms with E-state index in [2.05, 4.69) is 11.8 Å². The van der Waals surface area contributed by atoms with Gasteiger partial charge in [-0.3, -0.25) is 0 Å². The van der Waals surface area contributed by atoms with Gasteiger partial charge in [0.05, 0.1) is 4.90 Å². The highest BCUT2D eigenvalue weighted by Gasteiger charge is 2.28. The minimum absolute atomic E-state index is 0.351. The highest BCUT2D eigenvalue weighted by Crippen LogP contribution is 2.18. The number of benzene rings is 1. The lowest BCUT2D eigenvalue weighted by Gasteiger charge is -2.33. The normalized spacial score (nSPS) is 18.3. The van der Waals surface area contributed by atoms with Crippen LogP contribution in [0.3, 0.4) is 0 Å². The van der Waals surface area contributed by atoms with Gasteiger partial charge in [0.15, 0.2) is 0 Å². The first-order chi connectivity index (χ1) is 9.57. The molecule has 1 fully saturated rings. The third kappa shape index (κ3) is 3.38. The highest BCUT2D eigenvalue weighted by atomic mass is 32.2. The molecule has 1 aromatic carbocycles. The maximum Gasteiger partial charge on any atom is 0.243 e. The number of sulfonamides is 1. The SMILES string of the molecule is CCCN1CCN(S(=O)(=O)c2cccc(CN)c2)CC1. The van der Waals surface area contributed by atoms with Crippen molar-refractivity contribution in [2.75, 3.05) is 32.7 Å². The maximum absolute atomic E-state index is 12.6. The monoisotopic (exact) mass is 297 g/mol. The van der Waals surface area contributed by atoms with E-state index in [0.29, 0.717) is 24.5 Å². The average Bonchev–Trinajstić information content (AvgIpc) is 2.48. The van der Waals surface area contributed by atoms with Crippen LogP contribution in [0, 0.1) is 0 Å². The Morgan fingerprint density at radius 3 is 2.50 bits per heavy atom. The molecule has 1 saturated heterocycles. The van der Waals surface area contributed by atoms with Crippen LogP contribution >= 0.6 is 0 Å². The lowest BCUT2D eigenvalue weighted by molar-refractivity contribution is 0.188. The van der Waals surface area contributed by atoms with Gasteiger partial charge in [-0.1, -0.05) is 19.1 Å². The standard InChI is InChI=1S/C14H23N3O2S/c1-2-6-16-7-9-17(10-8-16)20(18,19)14-5-3-4-13(11-14)12-15/h3-5,11H,2,6-10,12,15H2,1H3. The summed E-state index contributed by atoms with van der Waals surface area (Å²) in [5.41, 5.74) is 6.42. The average molecular weight is 297 g/mol. The number of nitrogens with zero attached hydrogens (tertiary/aromatic N) is 2. The molecule has 0 radical (unpaired) electrons. The number of nitrogens with two attached hydrogens (primary N) is 1. The highest BCUT2D eigenvalue weighted by molar-refractivity contribution is 7.89. The van der Waals surface area contributed by atoms with Crippen LogP contribution in [0.15, 0.2) is 29.2 Å².